The summed E-state index contributed by atoms with van der Waals surface area (Å²) in [5, 5.41) is 11.7. The molecule has 0 saturated carbocycles. The molecule has 1 saturated heterocycles. The lowest BCUT2D eigenvalue weighted by Gasteiger charge is -2.26. The molecule has 1 atom stereocenters. The van der Waals surface area contributed by atoms with Crippen molar-refractivity contribution in [1.82, 2.24) is 9.88 Å². The second-order valence-electron chi connectivity index (χ2n) is 9.13. The van der Waals surface area contributed by atoms with Gasteiger partial charge < -0.3 is 19.5 Å². The van der Waals surface area contributed by atoms with Crippen molar-refractivity contribution in [2.24, 2.45) is 5.92 Å². The molecule has 4 rings (SSSR count). The van der Waals surface area contributed by atoms with Gasteiger partial charge in [-0.3, -0.25) is 14.6 Å². The Morgan fingerprint density at radius 3 is 2.49 bits per heavy atom. The van der Waals surface area contributed by atoms with Crippen molar-refractivity contribution in [3.8, 4) is 11.5 Å². The summed E-state index contributed by atoms with van der Waals surface area (Å²) in [6.45, 7) is 7.02. The average Bonchev–Trinajstić information content (AvgIpc) is 3.14. The second kappa shape index (κ2) is 11.5. The maximum atomic E-state index is 13.4. The highest BCUT2D eigenvalue weighted by molar-refractivity contribution is 6.47. The fourth-order valence-electron chi connectivity index (χ4n) is 4.20. The van der Waals surface area contributed by atoms with Crippen molar-refractivity contribution in [2.45, 2.75) is 33.4 Å². The van der Waals surface area contributed by atoms with Crippen LogP contribution >= 0.6 is 11.6 Å². The number of benzene rings is 2. The van der Waals surface area contributed by atoms with Crippen molar-refractivity contribution < 1.29 is 24.2 Å². The number of halogens is 1. The molecular weight excluding hydrogens is 492 g/mol. The molecule has 192 valence electrons. The van der Waals surface area contributed by atoms with Crippen LogP contribution in [0.25, 0.3) is 5.76 Å². The molecule has 1 fully saturated rings. The van der Waals surface area contributed by atoms with Crippen molar-refractivity contribution >= 4 is 29.1 Å². The quantitative estimate of drug-likeness (QED) is 0.218. The zero-order valence-corrected chi connectivity index (χ0v) is 21.7. The highest BCUT2D eigenvalue weighted by atomic mass is 35.5. The number of amides is 1. The number of nitrogens with zero attached hydrogens (tertiary/aromatic N) is 2. The maximum absolute atomic E-state index is 13.4. The van der Waals surface area contributed by atoms with Crippen LogP contribution in [0.3, 0.4) is 0 Å². The third kappa shape index (κ3) is 5.78. The van der Waals surface area contributed by atoms with E-state index in [0.717, 1.165) is 5.56 Å². The number of hydrogen-bond donors (Lipinski definition) is 1. The van der Waals surface area contributed by atoms with Crippen LogP contribution in [-0.2, 0) is 16.1 Å². The molecule has 3 aromatic rings. The van der Waals surface area contributed by atoms with Crippen molar-refractivity contribution in [2.75, 3.05) is 13.2 Å². The van der Waals surface area contributed by atoms with Crippen LogP contribution in [0.4, 0.5) is 0 Å². The summed E-state index contributed by atoms with van der Waals surface area (Å²) < 4.78 is 11.5. The van der Waals surface area contributed by atoms with Crippen LogP contribution in [0.1, 0.15) is 43.5 Å². The number of aromatic nitrogens is 1. The van der Waals surface area contributed by atoms with Gasteiger partial charge in [0.2, 0.25) is 0 Å². The van der Waals surface area contributed by atoms with Crippen LogP contribution < -0.4 is 9.47 Å². The van der Waals surface area contributed by atoms with Gasteiger partial charge in [-0.1, -0.05) is 37.6 Å². The lowest BCUT2D eigenvalue weighted by molar-refractivity contribution is -0.140. The van der Waals surface area contributed by atoms with Gasteiger partial charge in [-0.15, -0.1) is 0 Å². The van der Waals surface area contributed by atoms with E-state index in [1.165, 1.54) is 4.90 Å². The fourth-order valence-corrected chi connectivity index (χ4v) is 4.41. The number of hydrogen-bond acceptors (Lipinski definition) is 6. The molecule has 1 N–H and O–H groups in total. The van der Waals surface area contributed by atoms with Crippen LogP contribution in [-0.4, -0.2) is 39.9 Å². The Morgan fingerprint density at radius 1 is 1.05 bits per heavy atom. The minimum Gasteiger partial charge on any atom is -0.507 e. The lowest BCUT2D eigenvalue weighted by atomic mass is 9.95. The van der Waals surface area contributed by atoms with Crippen molar-refractivity contribution in [3.05, 3.63) is 94.3 Å². The summed E-state index contributed by atoms with van der Waals surface area (Å²) in [7, 11) is 0. The van der Waals surface area contributed by atoms with Gasteiger partial charge in [-0.2, -0.15) is 0 Å². The first-order chi connectivity index (χ1) is 17.8. The normalized spacial score (nSPS) is 16.9. The molecule has 37 heavy (non-hydrogen) atoms. The molecule has 8 heteroatoms. The summed E-state index contributed by atoms with van der Waals surface area (Å²) in [4.78, 5) is 32.2. The van der Waals surface area contributed by atoms with Gasteiger partial charge in [0.1, 0.15) is 17.3 Å². The van der Waals surface area contributed by atoms with Gasteiger partial charge in [0.05, 0.1) is 29.9 Å². The van der Waals surface area contributed by atoms with Crippen LogP contribution in [0.5, 0.6) is 11.5 Å². The number of ketones is 1. The van der Waals surface area contributed by atoms with E-state index in [1.807, 2.05) is 32.9 Å². The van der Waals surface area contributed by atoms with E-state index in [-0.39, 0.29) is 28.5 Å². The summed E-state index contributed by atoms with van der Waals surface area (Å²) in [5.74, 6) is -0.449. The van der Waals surface area contributed by atoms with Gasteiger partial charge in [0, 0.05) is 24.5 Å². The largest absolute Gasteiger partial charge is 0.507 e. The molecule has 1 aliphatic rings. The highest BCUT2D eigenvalue weighted by Gasteiger charge is 2.46. The number of aliphatic hydroxyl groups excluding tert-OH is 1. The standard InChI is InChI=1S/C29H29ClN2O5/c1-4-36-22-8-9-24(30)23(15-22)27(33)25-26(20-6-5-7-21(14-20)37-17-18(2)3)32(29(35)28(25)34)16-19-10-12-31-13-11-19/h5-15,18,26,33H,4,16-17H2,1-3H3/b27-25+. The zero-order chi connectivity index (χ0) is 26.5. The Hall–Kier alpha value is -3.84. The number of ether oxygens (including phenoxy) is 2. The number of aliphatic hydroxyl groups is 1. The van der Waals surface area contributed by atoms with E-state index in [9.17, 15) is 14.7 Å². The molecule has 7 nitrogen and oxygen atoms in total. The summed E-state index contributed by atoms with van der Waals surface area (Å²) >= 11 is 6.42. The van der Waals surface area contributed by atoms with E-state index in [1.54, 1.807) is 54.9 Å². The molecule has 1 aliphatic heterocycles. The first-order valence-corrected chi connectivity index (χ1v) is 12.5. The monoisotopic (exact) mass is 520 g/mol. The first-order valence-electron chi connectivity index (χ1n) is 12.1. The second-order valence-corrected chi connectivity index (χ2v) is 9.54. The lowest BCUT2D eigenvalue weighted by Crippen LogP contribution is -2.29. The molecule has 0 radical (unpaired) electrons. The molecule has 1 aromatic heterocycles. The number of likely N-dealkylation sites (tertiary alicyclic amines) is 1. The van der Waals surface area contributed by atoms with E-state index in [4.69, 9.17) is 21.1 Å². The van der Waals surface area contributed by atoms with Crippen LogP contribution in [0.2, 0.25) is 5.02 Å². The van der Waals surface area contributed by atoms with Crippen LogP contribution in [0, 0.1) is 5.92 Å². The molecule has 0 aliphatic carbocycles. The van der Waals surface area contributed by atoms with Gasteiger partial charge in [-0.05, 0) is 66.4 Å². The molecular formula is C29H29ClN2O5. The maximum Gasteiger partial charge on any atom is 0.295 e. The van der Waals surface area contributed by atoms with E-state index >= 15 is 0 Å². The summed E-state index contributed by atoms with van der Waals surface area (Å²) in [5.41, 5.74) is 1.60. The van der Waals surface area contributed by atoms with Crippen molar-refractivity contribution in [3.63, 3.8) is 0 Å². The number of pyridine rings is 1. The molecule has 1 unspecified atom stereocenters. The highest BCUT2D eigenvalue weighted by Crippen LogP contribution is 2.42. The van der Waals surface area contributed by atoms with E-state index in [2.05, 4.69) is 4.98 Å². The van der Waals surface area contributed by atoms with E-state index in [0.29, 0.717) is 36.2 Å². The molecule has 2 heterocycles. The Kier molecular flexibility index (Phi) is 8.14. The van der Waals surface area contributed by atoms with Crippen molar-refractivity contribution in [1.29, 1.82) is 0 Å². The summed E-state index contributed by atoms with van der Waals surface area (Å²) in [6.07, 6.45) is 3.25. The van der Waals surface area contributed by atoms with Gasteiger partial charge in [-0.25, -0.2) is 0 Å². The fraction of sp³-hybridized carbons (Fsp3) is 0.276. The molecule has 1 amide bonds. The van der Waals surface area contributed by atoms with E-state index < -0.39 is 17.7 Å². The third-order valence-electron chi connectivity index (χ3n) is 5.90. The topological polar surface area (TPSA) is 89.0 Å². The number of carbonyl (C=O) groups excluding carboxylic acids is 2. The molecule has 2 aromatic carbocycles. The predicted octanol–water partition coefficient (Wildman–Crippen LogP) is 5.79. The number of rotatable bonds is 9. The van der Waals surface area contributed by atoms with Crippen LogP contribution in [0.15, 0.2) is 72.6 Å². The molecule has 0 bridgehead atoms. The zero-order valence-electron chi connectivity index (χ0n) is 21.0. The Bertz CT molecular complexity index is 1320. The number of carbonyl (C=O) groups is 2. The summed E-state index contributed by atoms with van der Waals surface area (Å²) in [6, 6.07) is 14.8. The van der Waals surface area contributed by atoms with Gasteiger partial charge in [0.25, 0.3) is 11.7 Å². The third-order valence-corrected chi connectivity index (χ3v) is 6.23. The van der Waals surface area contributed by atoms with Gasteiger partial charge in [0.15, 0.2) is 0 Å². The first kappa shape index (κ1) is 26.2. The molecule has 0 spiro atoms. The number of Topliss-reactive ketones (excluding diaryl/α,β-unsaturated/α-hetero) is 1. The average molecular weight is 521 g/mol. The minimum absolute atomic E-state index is 0.0457. The Morgan fingerprint density at radius 2 is 1.78 bits per heavy atom. The SMILES string of the molecule is CCOc1ccc(Cl)c(/C(O)=C2\C(=O)C(=O)N(Cc3ccncc3)C2c2cccc(OCC(C)C)c2)c1. The van der Waals surface area contributed by atoms with Gasteiger partial charge >= 0.3 is 0 Å². The minimum atomic E-state index is -0.859. The smallest absolute Gasteiger partial charge is 0.295 e. The predicted molar refractivity (Wildman–Crippen MR) is 141 cm³/mol. The Labute approximate surface area is 221 Å². The Balaban J connectivity index is 1.86.